The first-order chi connectivity index (χ1) is 9.61. The van der Waals surface area contributed by atoms with Crippen molar-refractivity contribution in [3.63, 3.8) is 0 Å². The molecule has 1 aliphatic rings. The van der Waals surface area contributed by atoms with Crippen LogP contribution in [0.4, 0.5) is 5.69 Å². The van der Waals surface area contributed by atoms with Crippen LogP contribution in [-0.4, -0.2) is 51.5 Å². The Balaban J connectivity index is 1.91. The molecule has 0 aliphatic carbocycles. The summed E-state index contributed by atoms with van der Waals surface area (Å²) in [6.07, 6.45) is 5.25. The van der Waals surface area contributed by atoms with E-state index in [1.54, 1.807) is 6.20 Å². The third-order valence-electron chi connectivity index (χ3n) is 3.13. The Bertz CT molecular complexity index is 510. The van der Waals surface area contributed by atoms with Crippen LogP contribution in [0.1, 0.15) is 18.9 Å². The van der Waals surface area contributed by atoms with Crippen LogP contribution in [0.2, 0.25) is 0 Å². The van der Waals surface area contributed by atoms with Gasteiger partial charge in [0.1, 0.15) is 0 Å². The molecule has 1 aromatic rings. The fourth-order valence-corrected chi connectivity index (χ4v) is 2.97. The van der Waals surface area contributed by atoms with E-state index in [9.17, 15) is 8.42 Å². The predicted molar refractivity (Wildman–Crippen MR) is 75.8 cm³/mol. The van der Waals surface area contributed by atoms with Crippen molar-refractivity contribution >= 4 is 15.9 Å². The molecule has 1 saturated heterocycles. The summed E-state index contributed by atoms with van der Waals surface area (Å²) in [4.78, 5) is 0. The lowest BCUT2D eigenvalue weighted by Gasteiger charge is -2.22. The maximum absolute atomic E-state index is 11.7. The molecule has 0 radical (unpaired) electrons. The second-order valence-electron chi connectivity index (χ2n) is 4.68. The number of aromatic nitrogens is 2. The molecule has 0 spiro atoms. The summed E-state index contributed by atoms with van der Waals surface area (Å²) in [5.41, 5.74) is 0.466. The molecule has 9 heteroatoms. The van der Waals surface area contributed by atoms with Gasteiger partial charge in [-0.3, -0.25) is 9.40 Å². The number of ether oxygens (including phenoxy) is 1. The van der Waals surface area contributed by atoms with Gasteiger partial charge in [-0.05, 0) is 25.9 Å². The van der Waals surface area contributed by atoms with Crippen LogP contribution in [0.15, 0.2) is 12.4 Å². The van der Waals surface area contributed by atoms with Gasteiger partial charge in [-0.1, -0.05) is 0 Å². The molecule has 1 fully saturated rings. The molecule has 2 heterocycles. The Labute approximate surface area is 119 Å². The molecule has 3 N–H and O–H groups in total. The number of methoxy groups -OCH3 is 1. The fourth-order valence-electron chi connectivity index (χ4n) is 2.13. The zero-order valence-corrected chi connectivity index (χ0v) is 12.3. The molecule has 0 saturated carbocycles. The van der Waals surface area contributed by atoms with Crippen molar-refractivity contribution in [2.75, 3.05) is 38.1 Å². The van der Waals surface area contributed by atoms with Crippen LogP contribution in [0.3, 0.4) is 0 Å². The van der Waals surface area contributed by atoms with E-state index in [0.717, 1.165) is 25.9 Å². The number of hydrogen-bond donors (Lipinski definition) is 3. The van der Waals surface area contributed by atoms with Crippen LogP contribution in [0.5, 0.6) is 0 Å². The number of nitrogens with zero attached hydrogens (tertiary/aromatic N) is 2. The predicted octanol–water partition coefficient (Wildman–Crippen LogP) is -0.300. The maximum atomic E-state index is 11.7. The summed E-state index contributed by atoms with van der Waals surface area (Å²) < 4.78 is 34.9. The second-order valence-corrected chi connectivity index (χ2v) is 6.18. The van der Waals surface area contributed by atoms with Gasteiger partial charge in [0.05, 0.1) is 24.5 Å². The molecule has 0 bridgehead atoms. The highest BCUT2D eigenvalue weighted by atomic mass is 32.2. The smallest absolute Gasteiger partial charge is 0.299 e. The third kappa shape index (κ3) is 4.44. The van der Waals surface area contributed by atoms with Gasteiger partial charge < -0.3 is 10.1 Å². The quantitative estimate of drug-likeness (QED) is 0.601. The number of rotatable bonds is 7. The lowest BCUT2D eigenvalue weighted by atomic mass is 10.1. The zero-order chi connectivity index (χ0) is 14.4. The van der Waals surface area contributed by atoms with E-state index >= 15 is 0 Å². The molecule has 114 valence electrons. The van der Waals surface area contributed by atoms with Crippen LogP contribution in [0, 0.1) is 0 Å². The Morgan fingerprint density at radius 3 is 2.95 bits per heavy atom. The van der Waals surface area contributed by atoms with E-state index < -0.39 is 10.2 Å². The van der Waals surface area contributed by atoms with Gasteiger partial charge in [-0.2, -0.15) is 18.2 Å². The van der Waals surface area contributed by atoms with E-state index in [-0.39, 0.29) is 6.54 Å². The van der Waals surface area contributed by atoms with Gasteiger partial charge >= 0.3 is 0 Å². The van der Waals surface area contributed by atoms with Crippen LogP contribution >= 0.6 is 0 Å². The van der Waals surface area contributed by atoms with E-state index in [1.807, 2.05) is 4.68 Å². The first-order valence-corrected chi connectivity index (χ1v) is 8.10. The molecular weight excluding hydrogens is 282 g/mol. The maximum Gasteiger partial charge on any atom is 0.299 e. The lowest BCUT2D eigenvalue weighted by Crippen LogP contribution is -2.32. The first-order valence-electron chi connectivity index (χ1n) is 6.62. The SMILES string of the molecule is COCCNS(=O)(=O)Nc1cnn(C2CCNCC2)c1. The summed E-state index contributed by atoms with van der Waals surface area (Å²) >= 11 is 0. The number of nitrogens with one attached hydrogen (secondary N) is 3. The molecule has 1 aromatic heterocycles. The molecule has 2 rings (SSSR count). The molecule has 8 nitrogen and oxygen atoms in total. The minimum Gasteiger partial charge on any atom is -0.383 e. The highest BCUT2D eigenvalue weighted by Gasteiger charge is 2.17. The summed E-state index contributed by atoms with van der Waals surface area (Å²) in [6, 6.07) is 0.330. The third-order valence-corrected chi connectivity index (χ3v) is 4.22. The standard InChI is InChI=1S/C11H21N5O3S/c1-19-7-6-14-20(17,18)15-10-8-13-16(9-10)11-2-4-12-5-3-11/h8-9,11-12,14-15H,2-7H2,1H3. The topological polar surface area (TPSA) is 97.3 Å². The monoisotopic (exact) mass is 303 g/mol. The van der Waals surface area contributed by atoms with E-state index in [4.69, 9.17) is 4.74 Å². The van der Waals surface area contributed by atoms with Crippen LogP contribution < -0.4 is 14.8 Å². The summed E-state index contributed by atoms with van der Waals surface area (Å²) in [5.74, 6) is 0. The van der Waals surface area contributed by atoms with Gasteiger partial charge in [0.2, 0.25) is 0 Å². The van der Waals surface area contributed by atoms with Gasteiger partial charge in [-0.25, -0.2) is 0 Å². The van der Waals surface area contributed by atoms with Gasteiger partial charge in [0.15, 0.2) is 0 Å². The summed E-state index contributed by atoms with van der Waals surface area (Å²) in [5, 5.41) is 7.51. The van der Waals surface area contributed by atoms with Crippen LogP contribution in [0.25, 0.3) is 0 Å². The van der Waals surface area contributed by atoms with Crippen molar-refractivity contribution in [1.82, 2.24) is 19.8 Å². The molecular formula is C11H21N5O3S. The lowest BCUT2D eigenvalue weighted by molar-refractivity contribution is 0.204. The minimum absolute atomic E-state index is 0.230. The van der Waals surface area contributed by atoms with E-state index in [1.165, 1.54) is 13.3 Å². The Morgan fingerprint density at radius 1 is 1.50 bits per heavy atom. The van der Waals surface area contributed by atoms with Crippen molar-refractivity contribution < 1.29 is 13.2 Å². The molecule has 20 heavy (non-hydrogen) atoms. The second kappa shape index (κ2) is 7.02. The van der Waals surface area contributed by atoms with Crippen molar-refractivity contribution in [2.45, 2.75) is 18.9 Å². The van der Waals surface area contributed by atoms with E-state index in [2.05, 4.69) is 19.9 Å². The molecule has 0 unspecified atom stereocenters. The first kappa shape index (κ1) is 15.2. The summed E-state index contributed by atoms with van der Waals surface area (Å²) in [6.45, 7) is 2.48. The Kier molecular flexibility index (Phi) is 5.35. The molecule has 0 amide bonds. The van der Waals surface area contributed by atoms with Gasteiger partial charge in [0.25, 0.3) is 10.2 Å². The average molecular weight is 303 g/mol. The molecule has 0 aromatic carbocycles. The molecule has 0 atom stereocenters. The fraction of sp³-hybridized carbons (Fsp3) is 0.727. The van der Waals surface area contributed by atoms with Crippen molar-refractivity contribution in [3.05, 3.63) is 12.4 Å². The van der Waals surface area contributed by atoms with Crippen molar-refractivity contribution in [1.29, 1.82) is 0 Å². The highest BCUT2D eigenvalue weighted by Crippen LogP contribution is 2.19. The average Bonchev–Trinajstić information content (AvgIpc) is 2.87. The normalized spacial score (nSPS) is 17.2. The Hall–Kier alpha value is -1.16. The van der Waals surface area contributed by atoms with Crippen LogP contribution in [-0.2, 0) is 14.9 Å². The minimum atomic E-state index is -3.57. The van der Waals surface area contributed by atoms with Crippen molar-refractivity contribution in [2.24, 2.45) is 0 Å². The summed E-state index contributed by atoms with van der Waals surface area (Å²) in [7, 11) is -2.05. The largest absolute Gasteiger partial charge is 0.383 e. The number of piperidine rings is 1. The zero-order valence-electron chi connectivity index (χ0n) is 11.5. The van der Waals surface area contributed by atoms with Gasteiger partial charge in [-0.15, -0.1) is 0 Å². The Morgan fingerprint density at radius 2 is 2.25 bits per heavy atom. The van der Waals surface area contributed by atoms with Gasteiger partial charge in [0, 0.05) is 19.9 Å². The highest BCUT2D eigenvalue weighted by molar-refractivity contribution is 7.90. The van der Waals surface area contributed by atoms with Crippen molar-refractivity contribution in [3.8, 4) is 0 Å². The number of anilines is 1. The molecule has 1 aliphatic heterocycles. The van der Waals surface area contributed by atoms with E-state index in [0.29, 0.717) is 18.3 Å². The number of hydrogen-bond acceptors (Lipinski definition) is 5.